The number of hydrogen-bond acceptors (Lipinski definition) is 4. The summed E-state index contributed by atoms with van der Waals surface area (Å²) in [7, 11) is 1.90. The van der Waals surface area contributed by atoms with Crippen molar-refractivity contribution in [1.82, 2.24) is 9.03 Å². The number of likely N-dealkylation sites (N-methyl/N-ethyl adjacent to an activating group) is 1. The molecule has 0 radical (unpaired) electrons. The van der Waals surface area contributed by atoms with E-state index in [4.69, 9.17) is 5.11 Å². The van der Waals surface area contributed by atoms with Gasteiger partial charge >= 0.3 is 0 Å². The second-order valence-corrected chi connectivity index (χ2v) is 2.47. The lowest BCUT2D eigenvalue weighted by Gasteiger charge is -2.08. The van der Waals surface area contributed by atoms with Gasteiger partial charge in [0.05, 0.1) is 24.4 Å². The number of rotatable bonds is 1. The summed E-state index contributed by atoms with van der Waals surface area (Å²) >= 11 is 1.46. The summed E-state index contributed by atoms with van der Waals surface area (Å²) in [5.41, 5.74) is 0.912. The lowest BCUT2D eigenvalue weighted by Crippen LogP contribution is -2.06. The van der Waals surface area contributed by atoms with E-state index < -0.39 is 0 Å². The molecule has 0 fully saturated rings. The number of aliphatic hydroxyl groups excluding tert-OH is 1. The van der Waals surface area contributed by atoms with Gasteiger partial charge in [0.2, 0.25) is 0 Å². The topological polar surface area (TPSA) is 35.5 Å². The maximum absolute atomic E-state index is 8.57. The summed E-state index contributed by atoms with van der Waals surface area (Å²) in [4.78, 5) is 0. The molecule has 8 heavy (non-hydrogen) atoms. The molecule has 0 saturated heterocycles. The molecule has 0 aromatic carbocycles. The minimum absolute atomic E-state index is 0.108. The summed E-state index contributed by atoms with van der Waals surface area (Å²) < 4.78 is 4.77. The number of aliphatic hydroxyl groups is 1. The zero-order valence-corrected chi connectivity index (χ0v) is 5.40. The third-order valence-corrected chi connectivity index (χ3v) is 1.71. The minimum atomic E-state index is 0.108. The highest BCUT2D eigenvalue weighted by molar-refractivity contribution is 7.95. The summed E-state index contributed by atoms with van der Waals surface area (Å²) in [5, 5.41) is 8.57. The summed E-state index contributed by atoms with van der Waals surface area (Å²) in [6.45, 7) is 0.108. The van der Waals surface area contributed by atoms with Crippen LogP contribution >= 0.6 is 12.1 Å². The van der Waals surface area contributed by atoms with Crippen LogP contribution < -0.4 is 4.72 Å². The van der Waals surface area contributed by atoms with E-state index in [0.29, 0.717) is 0 Å². The van der Waals surface area contributed by atoms with Crippen molar-refractivity contribution in [3.8, 4) is 0 Å². The number of nitrogens with zero attached hydrogens (tertiary/aromatic N) is 1. The van der Waals surface area contributed by atoms with E-state index >= 15 is 0 Å². The Kier molecular flexibility index (Phi) is 1.65. The van der Waals surface area contributed by atoms with Crippen LogP contribution in [0.3, 0.4) is 0 Å². The van der Waals surface area contributed by atoms with Crippen molar-refractivity contribution in [1.29, 1.82) is 0 Å². The quantitative estimate of drug-likeness (QED) is 0.489. The van der Waals surface area contributed by atoms with Crippen molar-refractivity contribution in [2.45, 2.75) is 0 Å². The molecule has 0 spiro atoms. The van der Waals surface area contributed by atoms with E-state index in [1.807, 2.05) is 11.4 Å². The average Bonchev–Trinajstić information content (AvgIpc) is 2.14. The van der Waals surface area contributed by atoms with Gasteiger partial charge < -0.3 is 14.1 Å². The average molecular weight is 132 g/mol. The van der Waals surface area contributed by atoms with Crippen LogP contribution in [0.4, 0.5) is 0 Å². The Morgan fingerprint density at radius 2 is 2.75 bits per heavy atom. The molecule has 1 aliphatic rings. The highest BCUT2D eigenvalue weighted by Crippen LogP contribution is 2.16. The number of nitrogens with one attached hydrogen (secondary N) is 1. The van der Waals surface area contributed by atoms with Crippen LogP contribution in [0.25, 0.3) is 0 Å². The van der Waals surface area contributed by atoms with Gasteiger partial charge in [0.15, 0.2) is 0 Å². The fourth-order valence-electron chi connectivity index (χ4n) is 0.468. The third kappa shape index (κ3) is 0.900. The maximum Gasteiger partial charge on any atom is 0.0853 e. The Morgan fingerprint density at radius 3 is 3.00 bits per heavy atom. The molecule has 0 aromatic heterocycles. The van der Waals surface area contributed by atoms with Gasteiger partial charge in [-0.25, -0.2) is 0 Å². The van der Waals surface area contributed by atoms with Gasteiger partial charge in [-0.1, -0.05) is 0 Å². The van der Waals surface area contributed by atoms with E-state index in [1.54, 1.807) is 6.20 Å². The first kappa shape index (κ1) is 5.78. The highest BCUT2D eigenvalue weighted by atomic mass is 32.2. The lowest BCUT2D eigenvalue weighted by atomic mass is 10.5. The smallest absolute Gasteiger partial charge is 0.0853 e. The third-order valence-electron chi connectivity index (χ3n) is 0.982. The van der Waals surface area contributed by atoms with Gasteiger partial charge in [-0.05, 0) is 0 Å². The summed E-state index contributed by atoms with van der Waals surface area (Å²) in [5.74, 6) is 0. The van der Waals surface area contributed by atoms with Crippen molar-refractivity contribution < 1.29 is 5.11 Å². The predicted molar refractivity (Wildman–Crippen MR) is 33.7 cm³/mol. The summed E-state index contributed by atoms with van der Waals surface area (Å²) in [6, 6.07) is 0. The van der Waals surface area contributed by atoms with E-state index in [-0.39, 0.29) is 6.61 Å². The molecule has 0 aromatic rings. The second kappa shape index (κ2) is 2.28. The van der Waals surface area contributed by atoms with E-state index in [1.165, 1.54) is 12.1 Å². The molecule has 46 valence electrons. The monoisotopic (exact) mass is 132 g/mol. The van der Waals surface area contributed by atoms with Gasteiger partial charge in [0, 0.05) is 13.2 Å². The van der Waals surface area contributed by atoms with Gasteiger partial charge in [-0.2, -0.15) is 0 Å². The van der Waals surface area contributed by atoms with Gasteiger partial charge in [-0.15, -0.1) is 0 Å². The van der Waals surface area contributed by atoms with Crippen molar-refractivity contribution in [2.24, 2.45) is 0 Å². The Bertz CT molecular complexity index is 115. The molecular formula is C4H8N2OS. The first-order valence-corrected chi connectivity index (χ1v) is 3.08. The zero-order chi connectivity index (χ0) is 5.98. The normalized spacial score (nSPS) is 18.2. The van der Waals surface area contributed by atoms with Crippen molar-refractivity contribution in [3.05, 3.63) is 11.9 Å². The van der Waals surface area contributed by atoms with Crippen LogP contribution in [0, 0.1) is 0 Å². The van der Waals surface area contributed by atoms with Crippen molar-refractivity contribution in [3.63, 3.8) is 0 Å². The Morgan fingerprint density at radius 1 is 2.00 bits per heavy atom. The first-order chi connectivity index (χ1) is 3.84. The zero-order valence-electron chi connectivity index (χ0n) is 4.59. The molecule has 0 unspecified atom stereocenters. The van der Waals surface area contributed by atoms with Crippen LogP contribution in [0.5, 0.6) is 0 Å². The van der Waals surface area contributed by atoms with Gasteiger partial charge in [0.25, 0.3) is 0 Å². The molecule has 1 rings (SSSR count). The van der Waals surface area contributed by atoms with E-state index in [9.17, 15) is 0 Å². The molecule has 3 nitrogen and oxygen atoms in total. The Balaban J connectivity index is 2.49. The maximum atomic E-state index is 8.57. The Hall–Kier alpha value is -0.350. The molecule has 0 saturated carbocycles. The standard InChI is InChI=1S/C4H8N2OS/c1-6-4(3-7)2-5-8-6/h2,5,7H,3H2,1H3. The van der Waals surface area contributed by atoms with Crippen molar-refractivity contribution >= 4 is 12.1 Å². The number of hydrogen-bond donors (Lipinski definition) is 2. The Labute approximate surface area is 52.6 Å². The fourth-order valence-corrected chi connectivity index (χ4v) is 1.04. The molecular weight excluding hydrogens is 124 g/mol. The molecule has 0 bridgehead atoms. The van der Waals surface area contributed by atoms with Crippen LogP contribution in [-0.2, 0) is 0 Å². The highest BCUT2D eigenvalue weighted by Gasteiger charge is 2.08. The SMILES string of the molecule is CN1SNC=C1CO. The van der Waals surface area contributed by atoms with Crippen LogP contribution in [-0.4, -0.2) is 23.1 Å². The van der Waals surface area contributed by atoms with Gasteiger partial charge in [0.1, 0.15) is 0 Å². The van der Waals surface area contributed by atoms with Crippen molar-refractivity contribution in [2.75, 3.05) is 13.7 Å². The predicted octanol–water partition coefficient (Wildman–Crippen LogP) is -0.0817. The molecule has 0 atom stereocenters. The molecule has 1 aliphatic heterocycles. The van der Waals surface area contributed by atoms with Crippen LogP contribution in [0.15, 0.2) is 11.9 Å². The lowest BCUT2D eigenvalue weighted by molar-refractivity contribution is 0.311. The van der Waals surface area contributed by atoms with Crippen LogP contribution in [0.1, 0.15) is 0 Å². The molecule has 2 N–H and O–H groups in total. The van der Waals surface area contributed by atoms with E-state index in [0.717, 1.165) is 5.70 Å². The second-order valence-electron chi connectivity index (χ2n) is 1.50. The van der Waals surface area contributed by atoms with Crippen LogP contribution in [0.2, 0.25) is 0 Å². The molecule has 4 heteroatoms. The molecule has 0 aliphatic carbocycles. The first-order valence-electron chi connectivity index (χ1n) is 2.30. The molecule has 0 amide bonds. The van der Waals surface area contributed by atoms with E-state index in [2.05, 4.69) is 4.72 Å². The van der Waals surface area contributed by atoms with Gasteiger partial charge in [-0.3, -0.25) is 0 Å². The fraction of sp³-hybridized carbons (Fsp3) is 0.500. The summed E-state index contributed by atoms with van der Waals surface area (Å²) in [6.07, 6.45) is 1.78. The molecule has 1 heterocycles. The minimum Gasteiger partial charge on any atom is -0.390 e. The largest absolute Gasteiger partial charge is 0.390 e.